The van der Waals surface area contributed by atoms with E-state index in [2.05, 4.69) is 214 Å². The fourth-order valence-electron chi connectivity index (χ4n) is 11.3. The van der Waals surface area contributed by atoms with Gasteiger partial charge in [0.1, 0.15) is 17.2 Å². The van der Waals surface area contributed by atoms with Crippen molar-refractivity contribution < 1.29 is 32.3 Å². The van der Waals surface area contributed by atoms with Gasteiger partial charge in [0.15, 0.2) is 20.4 Å². The topological polar surface area (TPSA) is 97.0 Å². The van der Waals surface area contributed by atoms with Crippen LogP contribution in [0.4, 0.5) is 0 Å². The number of ether oxygens (including phenoxy) is 3. The molecule has 0 unspecified atom stereocenters. The maximum atomic E-state index is 15.3. The number of likely N-dealkylation sites (N-methyl/N-ethyl adjacent to an activating group) is 3. The molecule has 0 aliphatic rings. The average Bonchev–Trinajstić information content (AvgIpc) is 3.95. The van der Waals surface area contributed by atoms with Gasteiger partial charge < -0.3 is 42.6 Å². The van der Waals surface area contributed by atoms with E-state index in [0.717, 1.165) is 71.6 Å². The summed E-state index contributed by atoms with van der Waals surface area (Å²) in [4.78, 5) is 6.62. The highest BCUT2D eigenvalue weighted by Gasteiger charge is 2.37. The van der Waals surface area contributed by atoms with Crippen molar-refractivity contribution in [3.05, 3.63) is 88.4 Å². The molecule has 428 valence electrons. The molecule has 0 amide bonds. The number of hydrogen-bond acceptors (Lipinski definition) is 10. The van der Waals surface area contributed by atoms with E-state index in [-0.39, 0.29) is 32.9 Å². The molecule has 6 rings (SSSR count). The Morgan fingerprint density at radius 3 is 0.818 bits per heavy atom. The largest absolute Gasteiger partial charge is 0.483 e. The van der Waals surface area contributed by atoms with Gasteiger partial charge in [-0.25, -0.2) is 18.1 Å². The molecule has 14 heteroatoms. The molecular weight excluding hydrogens is 984 g/mol. The molecule has 13 nitrogen and oxygen atoms in total. The van der Waals surface area contributed by atoms with Crippen LogP contribution >= 0.6 is 7.82 Å². The summed E-state index contributed by atoms with van der Waals surface area (Å²) in [6, 6.07) is 18.4. The first-order chi connectivity index (χ1) is 35.4. The van der Waals surface area contributed by atoms with Gasteiger partial charge >= 0.3 is 7.82 Å². The van der Waals surface area contributed by atoms with Gasteiger partial charge in [0, 0.05) is 85.7 Å². The van der Waals surface area contributed by atoms with Gasteiger partial charge in [-0.15, -0.1) is 0 Å². The van der Waals surface area contributed by atoms with E-state index < -0.39 is 28.2 Å². The lowest BCUT2D eigenvalue weighted by Crippen LogP contribution is -2.30. The monoisotopic (exact) mass is 1080 g/mol. The predicted molar refractivity (Wildman–Crippen MR) is 321 cm³/mol. The number of hydrogen-bond donors (Lipinski definition) is 0. The normalized spacial score (nSPS) is 13.7. The Morgan fingerprint density at radius 2 is 0.623 bits per heavy atom. The lowest BCUT2D eigenvalue weighted by atomic mass is 9.86. The number of aromatic nitrogens is 3. The maximum Gasteiger partial charge on any atom is 0.483 e. The van der Waals surface area contributed by atoms with Crippen LogP contribution in [0.1, 0.15) is 158 Å². The number of nitrogens with zero attached hydrogens (tertiary/aromatic N) is 6. The van der Waals surface area contributed by atoms with Crippen molar-refractivity contribution in [3.63, 3.8) is 0 Å². The van der Waals surface area contributed by atoms with Crippen molar-refractivity contribution in [2.75, 3.05) is 82.3 Å². The standard InChI is InChI=1S/C63H99N6O7P/c1-58(2,3)55-43(34-37-64(19)20)52-46(67(55)61(10,11)12)28-25-31-49(52)71-40-74-77(70,75-41-72-50-32-26-29-47-53(50)44(35-38-65(21)22)56(59(4,5)6)68(47)62(13,14)15)76-42-73-51-33-27-30-48-54(51)45(36-39-66(23)24)57(60(7,8)9)69(48)63(16,17)18/h25-33H,34-42H2,1-24H3. The van der Waals surface area contributed by atoms with Gasteiger partial charge in [0.05, 0.1) is 16.6 Å². The van der Waals surface area contributed by atoms with Crippen LogP contribution in [0.25, 0.3) is 32.7 Å². The van der Waals surface area contributed by atoms with Crippen molar-refractivity contribution in [2.45, 2.75) is 177 Å². The lowest BCUT2D eigenvalue weighted by Gasteiger charge is -2.32. The molecule has 0 N–H and O–H groups in total. The van der Waals surface area contributed by atoms with Crippen molar-refractivity contribution >= 4 is 40.5 Å². The molecule has 3 aromatic carbocycles. The van der Waals surface area contributed by atoms with Crippen LogP contribution in [-0.2, 0) is 70.3 Å². The molecule has 3 heterocycles. The minimum Gasteiger partial charge on any atom is -0.466 e. The van der Waals surface area contributed by atoms with Gasteiger partial charge in [0.25, 0.3) is 0 Å². The van der Waals surface area contributed by atoms with Crippen molar-refractivity contribution in [3.8, 4) is 17.2 Å². The summed E-state index contributed by atoms with van der Waals surface area (Å²) >= 11 is 0. The van der Waals surface area contributed by atoms with E-state index in [4.69, 9.17) is 27.8 Å². The zero-order valence-electron chi connectivity index (χ0n) is 52.0. The number of phosphoric acid groups is 1. The Balaban J connectivity index is 1.42. The molecule has 0 spiro atoms. The van der Waals surface area contributed by atoms with Crippen LogP contribution in [-0.4, -0.2) is 111 Å². The Hall–Kier alpha value is -4.33. The number of phosphoric ester groups is 1. The highest BCUT2D eigenvalue weighted by molar-refractivity contribution is 7.48. The third-order valence-electron chi connectivity index (χ3n) is 14.0. The quantitative estimate of drug-likeness (QED) is 0.0512. The van der Waals surface area contributed by atoms with Gasteiger partial charge in [-0.1, -0.05) is 80.5 Å². The minimum absolute atomic E-state index is 0.179. The Morgan fingerprint density at radius 1 is 0.390 bits per heavy atom. The molecule has 0 aliphatic heterocycles. The number of benzene rings is 3. The van der Waals surface area contributed by atoms with E-state index >= 15 is 4.57 Å². The van der Waals surface area contributed by atoms with E-state index in [9.17, 15) is 0 Å². The minimum atomic E-state index is -4.51. The Bertz CT molecular complexity index is 2720. The Labute approximate surface area is 464 Å². The molecule has 0 aliphatic carbocycles. The van der Waals surface area contributed by atoms with E-state index in [0.29, 0.717) is 17.2 Å². The van der Waals surface area contributed by atoms with Crippen LogP contribution in [0.3, 0.4) is 0 Å². The third-order valence-corrected chi connectivity index (χ3v) is 15.3. The molecule has 0 saturated heterocycles. The van der Waals surface area contributed by atoms with Crippen molar-refractivity contribution in [2.24, 2.45) is 0 Å². The molecule has 77 heavy (non-hydrogen) atoms. The number of fused-ring (bicyclic) bond motifs is 3. The molecule has 0 fully saturated rings. The number of rotatable bonds is 21. The fourth-order valence-corrected chi connectivity index (χ4v) is 12.0. The molecule has 3 aromatic heterocycles. The van der Waals surface area contributed by atoms with Crippen LogP contribution in [0, 0.1) is 0 Å². The van der Waals surface area contributed by atoms with Crippen LogP contribution in [0.2, 0.25) is 0 Å². The van der Waals surface area contributed by atoms with Crippen molar-refractivity contribution in [1.82, 2.24) is 28.4 Å². The second kappa shape index (κ2) is 23.0. The van der Waals surface area contributed by atoms with Gasteiger partial charge in [-0.05, 0) is 177 Å². The maximum absolute atomic E-state index is 15.3. The van der Waals surface area contributed by atoms with E-state index in [1.54, 1.807) is 0 Å². The summed E-state index contributed by atoms with van der Waals surface area (Å²) in [5.41, 5.74) is 9.37. The predicted octanol–water partition coefficient (Wildman–Crippen LogP) is 14.6. The van der Waals surface area contributed by atoms with Gasteiger partial charge in [-0.3, -0.25) is 0 Å². The highest BCUT2D eigenvalue weighted by atomic mass is 31.2. The summed E-state index contributed by atoms with van der Waals surface area (Å²) in [5.74, 6) is 1.86. The SMILES string of the molecule is CN(C)CCc1c(C(C)(C)C)n(C(C)(C)C)c2cccc(OCOP(=O)(OCOc3cccc4c3c(CCN(C)C)c(C(C)(C)C)n4C(C)(C)C)OCOc3cccc4c3c(CCN(C)C)c(C(C)(C)C)n4C(C)(C)C)c12. The molecule has 0 atom stereocenters. The van der Waals surface area contributed by atoms with E-state index in [1.165, 1.54) is 33.8 Å². The summed E-state index contributed by atoms with van der Waals surface area (Å²) in [7, 11) is 8.08. The summed E-state index contributed by atoms with van der Waals surface area (Å²) < 4.78 is 61.2. The third kappa shape index (κ3) is 14.0. The highest BCUT2D eigenvalue weighted by Crippen LogP contribution is 2.51. The fraction of sp³-hybridized carbons (Fsp3) is 0.619. The first-order valence-corrected chi connectivity index (χ1v) is 29.2. The molecule has 6 aromatic rings. The van der Waals surface area contributed by atoms with Crippen LogP contribution < -0.4 is 14.2 Å². The van der Waals surface area contributed by atoms with Crippen LogP contribution in [0.15, 0.2) is 54.6 Å². The lowest BCUT2D eigenvalue weighted by molar-refractivity contribution is -0.00360. The molecule has 0 bridgehead atoms. The second-order valence-corrected chi connectivity index (χ2v) is 29.7. The van der Waals surface area contributed by atoms with Crippen molar-refractivity contribution in [1.29, 1.82) is 0 Å². The first kappa shape index (κ1) is 61.9. The van der Waals surface area contributed by atoms with Gasteiger partial charge in [0.2, 0.25) is 0 Å². The van der Waals surface area contributed by atoms with Gasteiger partial charge in [-0.2, -0.15) is 0 Å². The zero-order valence-corrected chi connectivity index (χ0v) is 52.9. The molecular formula is C63H99N6O7P. The first-order valence-electron chi connectivity index (χ1n) is 27.8. The summed E-state index contributed by atoms with van der Waals surface area (Å²) in [5, 5.41) is 3.02. The molecule has 0 saturated carbocycles. The summed E-state index contributed by atoms with van der Waals surface area (Å²) in [6.07, 6.45) is 2.42. The average molecular weight is 1080 g/mol. The smallest absolute Gasteiger partial charge is 0.466 e. The van der Waals surface area contributed by atoms with E-state index in [1.807, 2.05) is 36.4 Å². The summed E-state index contributed by atoms with van der Waals surface area (Å²) in [6.45, 7) is 41.8. The zero-order chi connectivity index (χ0) is 57.6. The second-order valence-electron chi connectivity index (χ2n) is 28.0. The van der Waals surface area contributed by atoms with Crippen LogP contribution in [0.5, 0.6) is 17.2 Å². The Kier molecular flexibility index (Phi) is 18.5. The molecule has 0 radical (unpaired) electrons.